The Bertz CT molecular complexity index is 781. The van der Waals surface area contributed by atoms with E-state index in [-0.39, 0.29) is 30.8 Å². The van der Waals surface area contributed by atoms with Gasteiger partial charge in [-0.1, -0.05) is 53.0 Å². The topological polar surface area (TPSA) is 58.2 Å². The van der Waals surface area contributed by atoms with Gasteiger partial charge >= 0.3 is 0 Å². The lowest BCUT2D eigenvalue weighted by Crippen LogP contribution is -2.32. The molecule has 2 amide bonds. The number of benzene rings is 2. The molecule has 0 fully saturated rings. The van der Waals surface area contributed by atoms with Crippen LogP contribution in [0.3, 0.4) is 0 Å². The van der Waals surface area contributed by atoms with Gasteiger partial charge in [0.2, 0.25) is 5.91 Å². The monoisotopic (exact) mass is 398 g/mol. The summed E-state index contributed by atoms with van der Waals surface area (Å²) in [7, 11) is 0. The van der Waals surface area contributed by atoms with E-state index in [9.17, 15) is 9.59 Å². The molecule has 0 aliphatic heterocycles. The maximum atomic E-state index is 12.0. The van der Waals surface area contributed by atoms with Crippen LogP contribution in [0, 0.1) is 0 Å². The van der Waals surface area contributed by atoms with Crippen LogP contribution in [0.1, 0.15) is 35.3 Å². The van der Waals surface area contributed by atoms with Crippen molar-refractivity contribution in [3.8, 4) is 0 Å². The van der Waals surface area contributed by atoms with Crippen LogP contribution in [0.5, 0.6) is 0 Å². The molecule has 2 N–H and O–H groups in total. The number of nitrogens with one attached hydrogen (secondary N) is 2. The Morgan fingerprint density at radius 3 is 2.40 bits per heavy atom. The highest BCUT2D eigenvalue weighted by Gasteiger charge is 2.13. The van der Waals surface area contributed by atoms with Gasteiger partial charge in [-0.15, -0.1) is 0 Å². The van der Waals surface area contributed by atoms with E-state index in [1.54, 1.807) is 42.5 Å². The highest BCUT2D eigenvalue weighted by atomic mass is 35.5. The Morgan fingerprint density at radius 2 is 1.72 bits per heavy atom. The summed E-state index contributed by atoms with van der Waals surface area (Å²) in [5.41, 5.74) is 1.23. The molecule has 7 heteroatoms. The molecule has 25 heavy (non-hydrogen) atoms. The third kappa shape index (κ3) is 5.63. The smallest absolute Gasteiger partial charge is 0.252 e. The van der Waals surface area contributed by atoms with E-state index in [0.29, 0.717) is 20.6 Å². The largest absolute Gasteiger partial charge is 0.351 e. The quantitative estimate of drug-likeness (QED) is 0.743. The van der Waals surface area contributed by atoms with Gasteiger partial charge < -0.3 is 10.6 Å². The predicted octanol–water partition coefficient (Wildman–Crippen LogP) is 4.64. The SMILES string of the molecule is CC(NC(=O)CCNC(=O)c1ccccc1Cl)c1ccc(Cl)c(Cl)c1. The van der Waals surface area contributed by atoms with Crippen molar-refractivity contribution in [2.24, 2.45) is 0 Å². The van der Waals surface area contributed by atoms with Crippen molar-refractivity contribution in [2.45, 2.75) is 19.4 Å². The summed E-state index contributed by atoms with van der Waals surface area (Å²) in [4.78, 5) is 24.0. The number of halogens is 3. The van der Waals surface area contributed by atoms with Crippen LogP contribution >= 0.6 is 34.8 Å². The van der Waals surface area contributed by atoms with E-state index in [0.717, 1.165) is 5.56 Å². The normalized spacial score (nSPS) is 11.7. The van der Waals surface area contributed by atoms with Gasteiger partial charge in [0.05, 0.1) is 26.7 Å². The minimum Gasteiger partial charge on any atom is -0.351 e. The second kappa shape index (κ2) is 9.09. The molecule has 4 nitrogen and oxygen atoms in total. The van der Waals surface area contributed by atoms with Crippen LogP contribution in [0.2, 0.25) is 15.1 Å². The van der Waals surface area contributed by atoms with Gasteiger partial charge in [0, 0.05) is 13.0 Å². The lowest BCUT2D eigenvalue weighted by Gasteiger charge is -2.15. The van der Waals surface area contributed by atoms with Crippen molar-refractivity contribution in [1.82, 2.24) is 10.6 Å². The van der Waals surface area contributed by atoms with Gasteiger partial charge in [0.1, 0.15) is 0 Å². The lowest BCUT2D eigenvalue weighted by atomic mass is 10.1. The molecule has 0 saturated carbocycles. The number of carbonyl (C=O) groups excluding carboxylic acids is 2. The van der Waals surface area contributed by atoms with Crippen LogP contribution in [0.4, 0.5) is 0 Å². The first-order valence-corrected chi connectivity index (χ1v) is 8.79. The zero-order valence-electron chi connectivity index (χ0n) is 13.5. The molecule has 0 spiro atoms. The summed E-state index contributed by atoms with van der Waals surface area (Å²) < 4.78 is 0. The maximum absolute atomic E-state index is 12.0. The minimum atomic E-state index is -0.309. The Kier molecular flexibility index (Phi) is 7.12. The highest BCUT2D eigenvalue weighted by Crippen LogP contribution is 2.25. The minimum absolute atomic E-state index is 0.155. The number of carbonyl (C=O) groups is 2. The Morgan fingerprint density at radius 1 is 1.00 bits per heavy atom. The highest BCUT2D eigenvalue weighted by molar-refractivity contribution is 6.42. The number of hydrogen-bond acceptors (Lipinski definition) is 2. The second-order valence-electron chi connectivity index (χ2n) is 5.45. The average Bonchev–Trinajstić information content (AvgIpc) is 2.57. The van der Waals surface area contributed by atoms with Gasteiger partial charge in [-0.2, -0.15) is 0 Å². The first-order valence-electron chi connectivity index (χ1n) is 7.65. The van der Waals surface area contributed by atoms with Crippen molar-refractivity contribution in [3.63, 3.8) is 0 Å². The number of amides is 2. The number of rotatable bonds is 6. The number of hydrogen-bond donors (Lipinski definition) is 2. The van der Waals surface area contributed by atoms with E-state index < -0.39 is 0 Å². The van der Waals surface area contributed by atoms with Crippen LogP contribution in [0.25, 0.3) is 0 Å². The fourth-order valence-corrected chi connectivity index (χ4v) is 2.74. The molecule has 2 rings (SSSR count). The van der Waals surface area contributed by atoms with Gasteiger partial charge in [0.25, 0.3) is 5.91 Å². The third-order valence-corrected chi connectivity index (χ3v) is 4.65. The summed E-state index contributed by atoms with van der Waals surface area (Å²) in [6.45, 7) is 2.06. The molecular weight excluding hydrogens is 383 g/mol. The summed E-state index contributed by atoms with van der Waals surface area (Å²) in [6.07, 6.45) is 0.155. The molecule has 2 aromatic rings. The molecule has 0 bridgehead atoms. The van der Waals surface area contributed by atoms with Crippen molar-refractivity contribution >= 4 is 46.6 Å². The zero-order chi connectivity index (χ0) is 18.4. The van der Waals surface area contributed by atoms with E-state index in [1.807, 2.05) is 6.92 Å². The predicted molar refractivity (Wildman–Crippen MR) is 101 cm³/mol. The van der Waals surface area contributed by atoms with Gasteiger partial charge in [-0.25, -0.2) is 0 Å². The molecule has 2 aromatic carbocycles. The Balaban J connectivity index is 1.81. The van der Waals surface area contributed by atoms with E-state index in [2.05, 4.69) is 10.6 Å². The van der Waals surface area contributed by atoms with Crippen molar-refractivity contribution in [2.75, 3.05) is 6.54 Å². The molecule has 0 aliphatic rings. The molecular formula is C18H17Cl3N2O2. The van der Waals surface area contributed by atoms with E-state index >= 15 is 0 Å². The molecule has 0 heterocycles. The molecule has 132 valence electrons. The molecule has 0 aliphatic carbocycles. The van der Waals surface area contributed by atoms with Crippen LogP contribution in [0.15, 0.2) is 42.5 Å². The summed E-state index contributed by atoms with van der Waals surface area (Å²) >= 11 is 17.8. The first kappa shape index (κ1) is 19.6. The third-order valence-electron chi connectivity index (χ3n) is 3.58. The maximum Gasteiger partial charge on any atom is 0.252 e. The molecule has 1 atom stereocenters. The fraction of sp³-hybridized carbons (Fsp3) is 0.222. The summed E-state index contributed by atoms with van der Waals surface area (Å²) in [5.74, 6) is -0.492. The Labute approximate surface area is 161 Å². The van der Waals surface area contributed by atoms with Crippen LogP contribution in [-0.2, 0) is 4.79 Å². The van der Waals surface area contributed by atoms with Crippen molar-refractivity contribution < 1.29 is 9.59 Å². The fourth-order valence-electron chi connectivity index (χ4n) is 2.21. The second-order valence-corrected chi connectivity index (χ2v) is 6.67. The lowest BCUT2D eigenvalue weighted by molar-refractivity contribution is -0.121. The molecule has 1 unspecified atom stereocenters. The molecule has 0 radical (unpaired) electrons. The first-order chi connectivity index (χ1) is 11.9. The van der Waals surface area contributed by atoms with Crippen molar-refractivity contribution in [1.29, 1.82) is 0 Å². The van der Waals surface area contributed by atoms with Crippen LogP contribution < -0.4 is 10.6 Å². The van der Waals surface area contributed by atoms with Crippen LogP contribution in [-0.4, -0.2) is 18.4 Å². The summed E-state index contributed by atoms with van der Waals surface area (Å²) in [5, 5.41) is 6.80. The van der Waals surface area contributed by atoms with Gasteiger partial charge in [0.15, 0.2) is 0 Å². The average molecular weight is 400 g/mol. The molecule has 0 aromatic heterocycles. The van der Waals surface area contributed by atoms with Crippen molar-refractivity contribution in [3.05, 3.63) is 68.7 Å². The molecule has 0 saturated heterocycles. The zero-order valence-corrected chi connectivity index (χ0v) is 15.8. The van der Waals surface area contributed by atoms with Gasteiger partial charge in [-0.05, 0) is 36.8 Å². The summed E-state index contributed by atoms with van der Waals surface area (Å²) in [6, 6.07) is 11.7. The van der Waals surface area contributed by atoms with E-state index in [4.69, 9.17) is 34.8 Å². The van der Waals surface area contributed by atoms with Gasteiger partial charge in [-0.3, -0.25) is 9.59 Å². The standard InChI is InChI=1S/C18H17Cl3N2O2/c1-11(12-6-7-15(20)16(21)10-12)23-17(24)8-9-22-18(25)13-4-2-3-5-14(13)19/h2-7,10-11H,8-9H2,1H3,(H,22,25)(H,23,24). The Hall–Kier alpha value is -1.75. The van der Waals surface area contributed by atoms with E-state index in [1.165, 1.54) is 0 Å².